The molecule has 1 aromatic heterocycles. The molecule has 0 radical (unpaired) electrons. The van der Waals surface area contributed by atoms with E-state index in [9.17, 15) is 4.79 Å². The van der Waals surface area contributed by atoms with Crippen LogP contribution < -0.4 is 5.32 Å². The summed E-state index contributed by atoms with van der Waals surface area (Å²) in [5, 5.41) is 2.10. The first-order valence-corrected chi connectivity index (χ1v) is 5.83. The van der Waals surface area contributed by atoms with Crippen molar-refractivity contribution in [2.45, 2.75) is 45.2 Å². The molecule has 1 heterocycles. The molecule has 0 aliphatic heterocycles. The number of hydrogen-bond acceptors (Lipinski definition) is 2. The highest BCUT2D eigenvalue weighted by Gasteiger charge is 2.22. The lowest BCUT2D eigenvalue weighted by atomic mass is 10.2. The van der Waals surface area contributed by atoms with Gasteiger partial charge in [-0.05, 0) is 27.7 Å². The van der Waals surface area contributed by atoms with Gasteiger partial charge in [-0.15, -0.1) is 11.6 Å². The van der Waals surface area contributed by atoms with Crippen molar-refractivity contribution in [3.05, 3.63) is 18.2 Å². The maximum atomic E-state index is 11.7. The van der Waals surface area contributed by atoms with Crippen LogP contribution in [0.25, 0.3) is 0 Å². The monoisotopic (exact) mass is 243 g/mol. The van der Waals surface area contributed by atoms with Crippen LogP contribution in [0, 0.1) is 0 Å². The molecular weight excluding hydrogens is 226 g/mol. The van der Waals surface area contributed by atoms with Crippen LogP contribution in [0.2, 0.25) is 0 Å². The molecule has 0 bridgehead atoms. The molecule has 5 heteroatoms. The molecule has 16 heavy (non-hydrogen) atoms. The fourth-order valence-electron chi connectivity index (χ4n) is 1.43. The molecule has 1 atom stereocenters. The lowest BCUT2D eigenvalue weighted by Gasteiger charge is -2.16. The van der Waals surface area contributed by atoms with E-state index in [1.54, 1.807) is 12.5 Å². The third-order valence-corrected chi connectivity index (χ3v) is 2.59. The number of hydrogen-bond donors (Lipinski definition) is 1. The first-order valence-electron chi connectivity index (χ1n) is 5.39. The summed E-state index contributed by atoms with van der Waals surface area (Å²) in [5.74, 6) is -0.181. The van der Waals surface area contributed by atoms with Crippen molar-refractivity contribution >= 4 is 17.5 Å². The van der Waals surface area contributed by atoms with Crippen LogP contribution in [0.5, 0.6) is 0 Å². The molecule has 0 aromatic carbocycles. The first-order chi connectivity index (χ1) is 7.43. The second-order valence-electron chi connectivity index (χ2n) is 4.35. The second kappa shape index (κ2) is 5.34. The molecule has 4 nitrogen and oxygen atoms in total. The standard InChI is InChI=1S/C11H18ClN3O/c1-7(2)14-11(16)10(12)9-5-13-6-15(9)8(3)4/h5-8,10H,1-4H3,(H,14,16). The van der Waals surface area contributed by atoms with Gasteiger partial charge < -0.3 is 9.88 Å². The summed E-state index contributed by atoms with van der Waals surface area (Å²) < 4.78 is 1.90. The number of nitrogens with one attached hydrogen (secondary N) is 1. The van der Waals surface area contributed by atoms with Crippen molar-refractivity contribution in [3.8, 4) is 0 Å². The number of nitrogens with zero attached hydrogens (tertiary/aromatic N) is 2. The number of carbonyl (C=O) groups is 1. The number of alkyl halides is 1. The Morgan fingerprint density at radius 3 is 2.56 bits per heavy atom. The quantitative estimate of drug-likeness (QED) is 0.825. The molecule has 0 fully saturated rings. The lowest BCUT2D eigenvalue weighted by Crippen LogP contribution is -2.33. The van der Waals surface area contributed by atoms with Gasteiger partial charge in [0.2, 0.25) is 5.91 Å². The van der Waals surface area contributed by atoms with Gasteiger partial charge in [0.15, 0.2) is 5.38 Å². The predicted molar refractivity (Wildman–Crippen MR) is 64.5 cm³/mol. The Morgan fingerprint density at radius 1 is 1.44 bits per heavy atom. The Kier molecular flexibility index (Phi) is 4.35. The van der Waals surface area contributed by atoms with Crippen molar-refractivity contribution in [3.63, 3.8) is 0 Å². The van der Waals surface area contributed by atoms with E-state index in [1.165, 1.54) is 0 Å². The van der Waals surface area contributed by atoms with Crippen molar-refractivity contribution in [2.75, 3.05) is 0 Å². The summed E-state index contributed by atoms with van der Waals surface area (Å²) in [6.45, 7) is 7.85. The number of imidazole rings is 1. The zero-order valence-electron chi connectivity index (χ0n) is 10.1. The van der Waals surface area contributed by atoms with Crippen LogP contribution in [0.1, 0.15) is 44.8 Å². The van der Waals surface area contributed by atoms with Crippen LogP contribution in [-0.4, -0.2) is 21.5 Å². The summed E-state index contributed by atoms with van der Waals surface area (Å²) >= 11 is 6.12. The highest BCUT2D eigenvalue weighted by molar-refractivity contribution is 6.30. The van der Waals surface area contributed by atoms with E-state index in [2.05, 4.69) is 10.3 Å². The molecule has 0 saturated heterocycles. The van der Waals surface area contributed by atoms with Crippen LogP contribution >= 0.6 is 11.6 Å². The third-order valence-electron chi connectivity index (χ3n) is 2.17. The molecule has 0 spiro atoms. The zero-order valence-corrected chi connectivity index (χ0v) is 10.8. The minimum absolute atomic E-state index is 0.0872. The van der Waals surface area contributed by atoms with Gasteiger partial charge in [-0.1, -0.05) is 0 Å². The Labute approximate surface area is 101 Å². The lowest BCUT2D eigenvalue weighted by molar-refractivity contribution is -0.121. The van der Waals surface area contributed by atoms with Gasteiger partial charge in [-0.2, -0.15) is 0 Å². The second-order valence-corrected chi connectivity index (χ2v) is 4.78. The van der Waals surface area contributed by atoms with Crippen LogP contribution in [0.15, 0.2) is 12.5 Å². The molecule has 1 N–H and O–H groups in total. The van der Waals surface area contributed by atoms with Gasteiger partial charge in [0, 0.05) is 12.1 Å². The average Bonchev–Trinajstić information content (AvgIpc) is 2.63. The third kappa shape index (κ3) is 2.98. The maximum absolute atomic E-state index is 11.7. The van der Waals surface area contributed by atoms with Gasteiger partial charge in [0.05, 0.1) is 18.2 Å². The zero-order chi connectivity index (χ0) is 12.3. The highest BCUT2D eigenvalue weighted by Crippen LogP contribution is 2.23. The summed E-state index contributed by atoms with van der Waals surface area (Å²) in [5.41, 5.74) is 0.731. The number of rotatable bonds is 4. The van der Waals surface area contributed by atoms with E-state index < -0.39 is 5.38 Å². The number of carbonyl (C=O) groups excluding carboxylic acids is 1. The Morgan fingerprint density at radius 2 is 2.06 bits per heavy atom. The summed E-state index contributed by atoms with van der Waals surface area (Å²) in [4.78, 5) is 15.8. The number of aromatic nitrogens is 2. The van der Waals surface area contributed by atoms with Crippen LogP contribution in [0.4, 0.5) is 0 Å². The SMILES string of the molecule is CC(C)NC(=O)C(Cl)c1cncn1C(C)C. The molecule has 0 aliphatic rings. The molecule has 90 valence electrons. The fourth-order valence-corrected chi connectivity index (χ4v) is 1.67. The average molecular weight is 244 g/mol. The predicted octanol–water partition coefficient (Wildman–Crippen LogP) is 2.27. The van der Waals surface area contributed by atoms with E-state index in [-0.39, 0.29) is 18.0 Å². The van der Waals surface area contributed by atoms with E-state index in [0.717, 1.165) is 5.69 Å². The number of amides is 1. The Bertz CT molecular complexity index is 360. The molecule has 1 rings (SSSR count). The minimum atomic E-state index is -0.688. The summed E-state index contributed by atoms with van der Waals surface area (Å²) in [6.07, 6.45) is 3.33. The largest absolute Gasteiger partial charge is 0.352 e. The van der Waals surface area contributed by atoms with E-state index >= 15 is 0 Å². The van der Waals surface area contributed by atoms with Gasteiger partial charge in [-0.25, -0.2) is 4.98 Å². The van der Waals surface area contributed by atoms with E-state index in [1.807, 2.05) is 32.3 Å². The van der Waals surface area contributed by atoms with Crippen molar-refractivity contribution in [2.24, 2.45) is 0 Å². The van der Waals surface area contributed by atoms with E-state index in [4.69, 9.17) is 11.6 Å². The molecule has 1 aromatic rings. The molecular formula is C11H18ClN3O. The molecule has 0 aliphatic carbocycles. The molecule has 0 saturated carbocycles. The van der Waals surface area contributed by atoms with Crippen LogP contribution in [0.3, 0.4) is 0 Å². The van der Waals surface area contributed by atoms with Gasteiger partial charge in [-0.3, -0.25) is 4.79 Å². The molecule has 1 unspecified atom stereocenters. The maximum Gasteiger partial charge on any atom is 0.244 e. The smallest absolute Gasteiger partial charge is 0.244 e. The minimum Gasteiger partial charge on any atom is -0.352 e. The highest BCUT2D eigenvalue weighted by atomic mass is 35.5. The summed E-state index contributed by atoms with van der Waals surface area (Å²) in [7, 11) is 0. The van der Waals surface area contributed by atoms with Crippen molar-refractivity contribution in [1.82, 2.24) is 14.9 Å². The van der Waals surface area contributed by atoms with Gasteiger partial charge in [0.1, 0.15) is 0 Å². The van der Waals surface area contributed by atoms with Crippen molar-refractivity contribution in [1.29, 1.82) is 0 Å². The number of halogens is 1. The van der Waals surface area contributed by atoms with Crippen LogP contribution in [-0.2, 0) is 4.79 Å². The molecule has 1 amide bonds. The Hall–Kier alpha value is -1.03. The van der Waals surface area contributed by atoms with Gasteiger partial charge >= 0.3 is 0 Å². The fraction of sp³-hybridized carbons (Fsp3) is 0.636. The van der Waals surface area contributed by atoms with E-state index in [0.29, 0.717) is 0 Å². The van der Waals surface area contributed by atoms with Gasteiger partial charge in [0.25, 0.3) is 0 Å². The van der Waals surface area contributed by atoms with Crippen molar-refractivity contribution < 1.29 is 4.79 Å². The normalized spacial score (nSPS) is 13.2. The Balaban J connectivity index is 2.83. The topological polar surface area (TPSA) is 46.9 Å². The summed E-state index contributed by atoms with van der Waals surface area (Å²) in [6, 6.07) is 0.328. The first kappa shape index (κ1) is 13.0.